The molecule has 1 aliphatic carbocycles. The van der Waals surface area contributed by atoms with Crippen LogP contribution in [0.15, 0.2) is 60.7 Å². The van der Waals surface area contributed by atoms with Crippen LogP contribution in [-0.2, 0) is 19.7 Å². The van der Waals surface area contributed by atoms with Crippen LogP contribution in [0.5, 0.6) is 0 Å². The second-order valence-corrected chi connectivity index (χ2v) is 9.18. The van der Waals surface area contributed by atoms with Gasteiger partial charge in [-0.25, -0.2) is 0 Å². The summed E-state index contributed by atoms with van der Waals surface area (Å²) in [5, 5.41) is 0. The van der Waals surface area contributed by atoms with Gasteiger partial charge in [-0.1, -0.05) is 60.7 Å². The Morgan fingerprint density at radius 2 is 1.47 bits per heavy atom. The van der Waals surface area contributed by atoms with E-state index in [0.717, 1.165) is 45.1 Å². The third-order valence-corrected chi connectivity index (χ3v) is 7.53. The molecule has 5 rings (SSSR count). The number of carbonyl (C=O) groups is 2. The molecule has 1 atom stereocenters. The van der Waals surface area contributed by atoms with Crippen molar-refractivity contribution in [1.29, 1.82) is 0 Å². The lowest BCUT2D eigenvalue weighted by Gasteiger charge is -2.45. The predicted molar refractivity (Wildman–Crippen MR) is 115 cm³/mol. The van der Waals surface area contributed by atoms with Crippen LogP contribution >= 0.6 is 0 Å². The van der Waals surface area contributed by atoms with Gasteiger partial charge >= 0.3 is 5.97 Å². The third-order valence-electron chi connectivity index (χ3n) is 7.53. The van der Waals surface area contributed by atoms with Crippen molar-refractivity contribution in [3.05, 3.63) is 71.8 Å². The van der Waals surface area contributed by atoms with Crippen LogP contribution < -0.4 is 0 Å². The van der Waals surface area contributed by atoms with Crippen molar-refractivity contribution < 1.29 is 14.3 Å². The van der Waals surface area contributed by atoms with Gasteiger partial charge in [-0.2, -0.15) is 0 Å². The van der Waals surface area contributed by atoms with Gasteiger partial charge in [0.05, 0.1) is 12.3 Å². The van der Waals surface area contributed by atoms with Gasteiger partial charge in [-0.3, -0.25) is 9.59 Å². The summed E-state index contributed by atoms with van der Waals surface area (Å²) in [5.41, 5.74) is 1.74. The molecule has 2 heterocycles. The van der Waals surface area contributed by atoms with Gasteiger partial charge in [-0.15, -0.1) is 0 Å². The Labute approximate surface area is 178 Å². The van der Waals surface area contributed by atoms with Gasteiger partial charge in [0.2, 0.25) is 5.91 Å². The Kier molecular flexibility index (Phi) is 4.88. The highest BCUT2D eigenvalue weighted by atomic mass is 16.6. The van der Waals surface area contributed by atoms with Crippen LogP contribution in [0, 0.1) is 5.92 Å². The average Bonchev–Trinajstić information content (AvgIpc) is 3.40. The number of hydrogen-bond donors (Lipinski definition) is 0. The summed E-state index contributed by atoms with van der Waals surface area (Å²) < 4.78 is 5.77. The normalized spacial score (nSPS) is 24.7. The van der Waals surface area contributed by atoms with Crippen LogP contribution in [0.1, 0.15) is 56.1 Å². The Bertz CT molecular complexity index is 878. The third kappa shape index (κ3) is 3.13. The lowest BCUT2D eigenvalue weighted by molar-refractivity contribution is -0.152. The standard InChI is InChI=1S/C26H29NO3/c28-23-18-22(26(30-23)15-7-8-16-26)24(29)27-17-9-14-25(19-27,20-10-3-1-4-11-20)21-12-5-2-6-13-21/h1-6,10-13,22H,7-9,14-19H2/t22-/m1/s1. The number of carbonyl (C=O) groups excluding carboxylic acids is 2. The Hall–Kier alpha value is -2.62. The molecule has 1 saturated carbocycles. The summed E-state index contributed by atoms with van der Waals surface area (Å²) in [6.45, 7) is 1.40. The number of ether oxygens (including phenoxy) is 1. The first kappa shape index (κ1) is 19.3. The maximum atomic E-state index is 13.8. The van der Waals surface area contributed by atoms with Crippen LogP contribution in [0.2, 0.25) is 0 Å². The van der Waals surface area contributed by atoms with Gasteiger partial charge < -0.3 is 9.64 Å². The van der Waals surface area contributed by atoms with E-state index in [1.165, 1.54) is 11.1 Å². The summed E-state index contributed by atoms with van der Waals surface area (Å²) >= 11 is 0. The molecule has 2 saturated heterocycles. The first-order chi connectivity index (χ1) is 14.6. The summed E-state index contributed by atoms with van der Waals surface area (Å²) in [4.78, 5) is 28.0. The average molecular weight is 404 g/mol. The zero-order chi connectivity index (χ0) is 20.6. The topological polar surface area (TPSA) is 46.6 Å². The fourth-order valence-electron chi connectivity index (χ4n) is 6.04. The van der Waals surface area contributed by atoms with E-state index in [1.807, 2.05) is 17.0 Å². The number of esters is 1. The van der Waals surface area contributed by atoms with Gasteiger partial charge in [0.15, 0.2) is 0 Å². The van der Waals surface area contributed by atoms with E-state index in [2.05, 4.69) is 48.5 Å². The van der Waals surface area contributed by atoms with Crippen molar-refractivity contribution >= 4 is 11.9 Å². The number of benzene rings is 2. The quantitative estimate of drug-likeness (QED) is 0.711. The molecule has 1 amide bonds. The van der Waals surface area contributed by atoms with E-state index in [9.17, 15) is 9.59 Å². The largest absolute Gasteiger partial charge is 0.458 e. The second kappa shape index (κ2) is 7.57. The number of rotatable bonds is 3. The highest BCUT2D eigenvalue weighted by molar-refractivity contribution is 5.88. The molecule has 2 aromatic rings. The van der Waals surface area contributed by atoms with Crippen molar-refractivity contribution in [2.75, 3.05) is 13.1 Å². The molecule has 0 aromatic heterocycles. The van der Waals surface area contributed by atoms with Crippen molar-refractivity contribution in [1.82, 2.24) is 4.90 Å². The van der Waals surface area contributed by atoms with Gasteiger partial charge in [0.1, 0.15) is 5.60 Å². The molecule has 156 valence electrons. The molecular formula is C26H29NO3. The monoisotopic (exact) mass is 403 g/mol. The summed E-state index contributed by atoms with van der Waals surface area (Å²) in [6, 6.07) is 21.1. The lowest BCUT2D eigenvalue weighted by atomic mass is 9.69. The fourth-order valence-corrected chi connectivity index (χ4v) is 6.04. The van der Waals surface area contributed by atoms with Crippen LogP contribution in [0.4, 0.5) is 0 Å². The predicted octanol–water partition coefficient (Wildman–Crippen LogP) is 4.47. The molecule has 30 heavy (non-hydrogen) atoms. The first-order valence-electron chi connectivity index (χ1n) is 11.2. The van der Waals surface area contributed by atoms with E-state index < -0.39 is 5.60 Å². The molecule has 0 unspecified atom stereocenters. The van der Waals surface area contributed by atoms with Crippen molar-refractivity contribution in [3.8, 4) is 0 Å². The molecule has 4 nitrogen and oxygen atoms in total. The maximum Gasteiger partial charge on any atom is 0.307 e. The molecule has 0 radical (unpaired) electrons. The molecule has 3 aliphatic rings. The van der Waals surface area contributed by atoms with E-state index in [0.29, 0.717) is 6.54 Å². The van der Waals surface area contributed by atoms with Crippen LogP contribution in [-0.4, -0.2) is 35.5 Å². The zero-order valence-corrected chi connectivity index (χ0v) is 17.4. The minimum atomic E-state index is -0.548. The van der Waals surface area contributed by atoms with Crippen LogP contribution in [0.25, 0.3) is 0 Å². The van der Waals surface area contributed by atoms with Crippen molar-refractivity contribution in [3.63, 3.8) is 0 Å². The highest BCUT2D eigenvalue weighted by Gasteiger charge is 2.55. The summed E-state index contributed by atoms with van der Waals surface area (Å²) in [7, 11) is 0. The smallest absolute Gasteiger partial charge is 0.307 e. The Morgan fingerprint density at radius 3 is 2.07 bits per heavy atom. The number of amides is 1. The highest BCUT2D eigenvalue weighted by Crippen LogP contribution is 2.47. The maximum absolute atomic E-state index is 13.8. The number of nitrogens with zero attached hydrogens (tertiary/aromatic N) is 1. The Balaban J connectivity index is 1.49. The number of hydrogen-bond acceptors (Lipinski definition) is 3. The number of likely N-dealkylation sites (tertiary alicyclic amines) is 1. The molecule has 2 aromatic carbocycles. The lowest BCUT2D eigenvalue weighted by Crippen LogP contribution is -2.53. The van der Waals surface area contributed by atoms with Gasteiger partial charge in [-0.05, 0) is 49.7 Å². The summed E-state index contributed by atoms with van der Waals surface area (Å²) in [5.74, 6) is -0.418. The molecule has 3 fully saturated rings. The fraction of sp³-hybridized carbons (Fsp3) is 0.462. The van der Waals surface area contributed by atoms with Crippen LogP contribution in [0.3, 0.4) is 0 Å². The molecule has 0 N–H and O–H groups in total. The van der Waals surface area contributed by atoms with Crippen molar-refractivity contribution in [2.24, 2.45) is 5.92 Å². The minimum Gasteiger partial charge on any atom is -0.458 e. The molecule has 2 aliphatic heterocycles. The van der Waals surface area contributed by atoms with E-state index in [4.69, 9.17) is 4.74 Å². The van der Waals surface area contributed by atoms with Gasteiger partial charge in [0.25, 0.3) is 0 Å². The van der Waals surface area contributed by atoms with E-state index in [1.54, 1.807) is 0 Å². The van der Waals surface area contributed by atoms with E-state index >= 15 is 0 Å². The zero-order valence-electron chi connectivity index (χ0n) is 17.4. The van der Waals surface area contributed by atoms with Gasteiger partial charge in [0, 0.05) is 18.5 Å². The van der Waals surface area contributed by atoms with E-state index in [-0.39, 0.29) is 29.6 Å². The Morgan fingerprint density at radius 1 is 0.867 bits per heavy atom. The second-order valence-electron chi connectivity index (χ2n) is 9.18. The summed E-state index contributed by atoms with van der Waals surface area (Å²) in [6.07, 6.45) is 5.92. The number of piperidine rings is 1. The SMILES string of the molecule is O=C1C[C@H](C(=O)N2CCCC(c3ccccc3)(c3ccccc3)C2)C2(CCCC2)O1. The molecule has 4 heteroatoms. The van der Waals surface area contributed by atoms with Crippen molar-refractivity contribution in [2.45, 2.75) is 56.0 Å². The molecule has 1 spiro atoms. The molecule has 0 bridgehead atoms. The molecular weight excluding hydrogens is 374 g/mol. The minimum absolute atomic E-state index is 0.110. The first-order valence-corrected chi connectivity index (χ1v) is 11.2.